The molecule has 0 aromatic heterocycles. The molecule has 0 saturated carbocycles. The van der Waals surface area contributed by atoms with Crippen LogP contribution in [-0.4, -0.2) is 74.7 Å². The predicted molar refractivity (Wildman–Crippen MR) is 117 cm³/mol. The number of piperidine rings is 1. The molecule has 0 amide bonds. The Hall–Kier alpha value is -1.67. The normalized spacial score (nSPS) is 16.6. The Morgan fingerprint density at radius 3 is 2.57 bits per heavy atom. The molecule has 1 aliphatic heterocycles. The SMILES string of the molecule is COC(=O)C1CCN(C[C@H](O)COc2ccc(CNCCCOC(C)C)cc2)CC1. The van der Waals surface area contributed by atoms with E-state index in [1.165, 1.54) is 12.7 Å². The molecule has 0 aliphatic carbocycles. The monoisotopic (exact) mass is 422 g/mol. The van der Waals surface area contributed by atoms with Crippen molar-refractivity contribution in [3.63, 3.8) is 0 Å². The second kappa shape index (κ2) is 13.6. The Morgan fingerprint density at radius 1 is 1.23 bits per heavy atom. The zero-order valence-electron chi connectivity index (χ0n) is 18.6. The van der Waals surface area contributed by atoms with Crippen LogP contribution in [0, 0.1) is 5.92 Å². The first-order valence-corrected chi connectivity index (χ1v) is 11.0. The van der Waals surface area contributed by atoms with Crippen LogP contribution in [-0.2, 0) is 20.8 Å². The molecule has 1 aromatic rings. The summed E-state index contributed by atoms with van der Waals surface area (Å²) in [6.07, 6.45) is 2.28. The Bertz CT molecular complexity index is 600. The summed E-state index contributed by atoms with van der Waals surface area (Å²) in [5.74, 6) is 0.617. The Morgan fingerprint density at radius 2 is 1.93 bits per heavy atom. The highest BCUT2D eigenvalue weighted by Gasteiger charge is 2.26. The Labute approximate surface area is 180 Å². The molecule has 0 spiro atoms. The topological polar surface area (TPSA) is 80.3 Å². The molecule has 0 radical (unpaired) electrons. The lowest BCUT2D eigenvalue weighted by atomic mass is 9.97. The fraction of sp³-hybridized carbons (Fsp3) is 0.696. The summed E-state index contributed by atoms with van der Waals surface area (Å²) in [5.41, 5.74) is 1.20. The van der Waals surface area contributed by atoms with E-state index in [1.807, 2.05) is 38.1 Å². The largest absolute Gasteiger partial charge is 0.491 e. The Kier molecular flexibility index (Phi) is 11.1. The number of hydrogen-bond acceptors (Lipinski definition) is 7. The smallest absolute Gasteiger partial charge is 0.308 e. The fourth-order valence-electron chi connectivity index (χ4n) is 3.51. The number of hydrogen-bond donors (Lipinski definition) is 2. The van der Waals surface area contributed by atoms with Gasteiger partial charge >= 0.3 is 5.97 Å². The van der Waals surface area contributed by atoms with Crippen molar-refractivity contribution in [1.29, 1.82) is 0 Å². The molecular formula is C23H38N2O5. The van der Waals surface area contributed by atoms with Gasteiger partial charge < -0.3 is 29.5 Å². The van der Waals surface area contributed by atoms with Crippen molar-refractivity contribution in [2.24, 2.45) is 5.92 Å². The number of rotatable bonds is 13. The van der Waals surface area contributed by atoms with Crippen LogP contribution in [0.2, 0.25) is 0 Å². The van der Waals surface area contributed by atoms with Gasteiger partial charge in [0, 0.05) is 19.7 Å². The molecule has 7 nitrogen and oxygen atoms in total. The summed E-state index contributed by atoms with van der Waals surface area (Å²) in [6.45, 7) is 9.00. The summed E-state index contributed by atoms with van der Waals surface area (Å²) >= 11 is 0. The number of aliphatic hydroxyl groups is 1. The van der Waals surface area contributed by atoms with E-state index in [2.05, 4.69) is 10.2 Å². The van der Waals surface area contributed by atoms with E-state index in [0.29, 0.717) is 6.54 Å². The van der Waals surface area contributed by atoms with Crippen molar-refractivity contribution in [3.8, 4) is 5.75 Å². The minimum atomic E-state index is -0.561. The molecule has 1 atom stereocenters. The number of carbonyl (C=O) groups excluding carboxylic acids is 1. The van der Waals surface area contributed by atoms with Crippen molar-refractivity contribution >= 4 is 5.97 Å². The van der Waals surface area contributed by atoms with Gasteiger partial charge in [0.05, 0.1) is 19.1 Å². The van der Waals surface area contributed by atoms with Crippen LogP contribution in [0.4, 0.5) is 0 Å². The molecule has 1 saturated heterocycles. The molecule has 1 fully saturated rings. The second-order valence-corrected chi connectivity index (χ2v) is 8.16. The van der Waals surface area contributed by atoms with Crippen LogP contribution in [0.25, 0.3) is 0 Å². The number of carbonyl (C=O) groups is 1. The van der Waals surface area contributed by atoms with E-state index in [0.717, 1.165) is 57.8 Å². The maximum Gasteiger partial charge on any atom is 0.308 e. The van der Waals surface area contributed by atoms with Crippen molar-refractivity contribution in [2.75, 3.05) is 46.5 Å². The van der Waals surface area contributed by atoms with Gasteiger partial charge in [-0.15, -0.1) is 0 Å². The number of ether oxygens (including phenoxy) is 3. The van der Waals surface area contributed by atoms with E-state index < -0.39 is 6.10 Å². The number of nitrogens with zero attached hydrogens (tertiary/aromatic N) is 1. The Balaban J connectivity index is 1.59. The van der Waals surface area contributed by atoms with Gasteiger partial charge in [-0.05, 0) is 70.4 Å². The first-order valence-electron chi connectivity index (χ1n) is 11.0. The van der Waals surface area contributed by atoms with Gasteiger partial charge in [0.15, 0.2) is 0 Å². The van der Waals surface area contributed by atoms with E-state index in [9.17, 15) is 9.90 Å². The number of nitrogens with one attached hydrogen (secondary N) is 1. The fourth-order valence-corrected chi connectivity index (χ4v) is 3.51. The molecule has 1 aromatic carbocycles. The third-order valence-electron chi connectivity index (χ3n) is 5.23. The molecule has 1 heterocycles. The van der Waals surface area contributed by atoms with Crippen molar-refractivity contribution in [1.82, 2.24) is 10.2 Å². The summed E-state index contributed by atoms with van der Waals surface area (Å²) < 4.78 is 16.1. The van der Waals surface area contributed by atoms with Gasteiger partial charge in [0.1, 0.15) is 18.5 Å². The highest BCUT2D eigenvalue weighted by molar-refractivity contribution is 5.72. The second-order valence-electron chi connectivity index (χ2n) is 8.16. The standard InChI is InChI=1S/C23H38N2O5/c1-18(2)29-14-4-11-24-15-19-5-7-22(8-6-19)30-17-21(26)16-25-12-9-20(10-13-25)23(27)28-3/h5-8,18,20-21,24,26H,4,9-17H2,1-3H3/t21-/m0/s1. The molecule has 0 bridgehead atoms. The number of methoxy groups -OCH3 is 1. The third-order valence-corrected chi connectivity index (χ3v) is 5.23. The van der Waals surface area contributed by atoms with Crippen molar-refractivity contribution in [2.45, 2.75) is 51.9 Å². The maximum atomic E-state index is 11.6. The van der Waals surface area contributed by atoms with E-state index in [1.54, 1.807) is 0 Å². The molecule has 2 rings (SSSR count). The molecule has 1 aliphatic rings. The van der Waals surface area contributed by atoms with Crippen LogP contribution in [0.5, 0.6) is 5.75 Å². The average molecular weight is 423 g/mol. The number of aliphatic hydroxyl groups excluding tert-OH is 1. The molecule has 0 unspecified atom stereocenters. The van der Waals surface area contributed by atoms with Gasteiger partial charge in [-0.3, -0.25) is 4.79 Å². The lowest BCUT2D eigenvalue weighted by Gasteiger charge is -2.31. The van der Waals surface area contributed by atoms with Crippen molar-refractivity contribution < 1.29 is 24.1 Å². The molecular weight excluding hydrogens is 384 g/mol. The molecule has 7 heteroatoms. The number of benzene rings is 1. The molecule has 170 valence electrons. The highest BCUT2D eigenvalue weighted by atomic mass is 16.5. The van der Waals surface area contributed by atoms with Gasteiger partial charge in [0.25, 0.3) is 0 Å². The van der Waals surface area contributed by atoms with Crippen LogP contribution in [0.3, 0.4) is 0 Å². The minimum absolute atomic E-state index is 0.0129. The van der Waals surface area contributed by atoms with E-state index >= 15 is 0 Å². The molecule has 2 N–H and O–H groups in total. The first-order chi connectivity index (χ1) is 14.5. The van der Waals surface area contributed by atoms with Crippen molar-refractivity contribution in [3.05, 3.63) is 29.8 Å². The van der Waals surface area contributed by atoms with Crippen LogP contribution in [0.1, 0.15) is 38.7 Å². The zero-order valence-corrected chi connectivity index (χ0v) is 18.6. The summed E-state index contributed by atoms with van der Waals surface area (Å²) in [7, 11) is 1.43. The van der Waals surface area contributed by atoms with E-state index in [4.69, 9.17) is 14.2 Å². The highest BCUT2D eigenvalue weighted by Crippen LogP contribution is 2.19. The number of esters is 1. The predicted octanol–water partition coefficient (Wildman–Crippen LogP) is 2.22. The van der Waals surface area contributed by atoms with Gasteiger partial charge in [-0.1, -0.05) is 12.1 Å². The van der Waals surface area contributed by atoms with Crippen LogP contribution in [0.15, 0.2) is 24.3 Å². The average Bonchev–Trinajstić information content (AvgIpc) is 2.75. The van der Waals surface area contributed by atoms with Crippen LogP contribution < -0.4 is 10.1 Å². The minimum Gasteiger partial charge on any atom is -0.491 e. The summed E-state index contributed by atoms with van der Waals surface area (Å²) in [5, 5.41) is 13.7. The van der Waals surface area contributed by atoms with Crippen LogP contribution >= 0.6 is 0 Å². The lowest BCUT2D eigenvalue weighted by molar-refractivity contribution is -0.147. The van der Waals surface area contributed by atoms with Gasteiger partial charge in [-0.2, -0.15) is 0 Å². The third kappa shape index (κ3) is 9.43. The van der Waals surface area contributed by atoms with E-state index in [-0.39, 0.29) is 24.6 Å². The quantitative estimate of drug-likeness (QED) is 0.373. The number of β-amino-alcohol motifs (C(OH)–C–C–N with tert-alkyl or cyclic N) is 1. The first kappa shape index (κ1) is 24.6. The zero-order chi connectivity index (χ0) is 21.8. The maximum absolute atomic E-state index is 11.6. The summed E-state index contributed by atoms with van der Waals surface area (Å²) in [4.78, 5) is 13.8. The summed E-state index contributed by atoms with van der Waals surface area (Å²) in [6, 6.07) is 7.95. The number of likely N-dealkylation sites (tertiary alicyclic amines) is 1. The van der Waals surface area contributed by atoms with Gasteiger partial charge in [0.2, 0.25) is 0 Å². The van der Waals surface area contributed by atoms with Gasteiger partial charge in [-0.25, -0.2) is 0 Å². The molecule has 30 heavy (non-hydrogen) atoms. The lowest BCUT2D eigenvalue weighted by Crippen LogP contribution is -2.42.